The summed E-state index contributed by atoms with van der Waals surface area (Å²) in [4.78, 5) is 0. The minimum atomic E-state index is 0.292. The zero-order chi connectivity index (χ0) is 8.60. The average Bonchev–Trinajstić information content (AvgIpc) is 2.86. The van der Waals surface area contributed by atoms with E-state index >= 15 is 0 Å². The van der Waals surface area contributed by atoms with E-state index in [2.05, 4.69) is 37.3 Å². The van der Waals surface area contributed by atoms with Crippen molar-refractivity contribution < 1.29 is 0 Å². The molecule has 1 aliphatic rings. The highest BCUT2D eigenvalue weighted by Gasteiger charge is 2.47. The Labute approximate surface area is 73.6 Å². The zero-order valence-electron chi connectivity index (χ0n) is 7.46. The Bertz CT molecular complexity index is 260. The molecule has 64 valence electrons. The third kappa shape index (κ3) is 1.05. The quantitative estimate of drug-likeness (QED) is 0.706. The van der Waals surface area contributed by atoms with Gasteiger partial charge in [0.25, 0.3) is 0 Å². The summed E-state index contributed by atoms with van der Waals surface area (Å²) >= 11 is 0. The molecule has 0 amide bonds. The molecule has 0 heterocycles. The van der Waals surface area contributed by atoms with Crippen LogP contribution in [0.3, 0.4) is 0 Å². The number of rotatable bonds is 2. The van der Waals surface area contributed by atoms with E-state index < -0.39 is 0 Å². The van der Waals surface area contributed by atoms with Crippen molar-refractivity contribution in [3.8, 4) is 0 Å². The van der Waals surface area contributed by atoms with Crippen LogP contribution in [-0.2, 0) is 5.41 Å². The van der Waals surface area contributed by atoms with E-state index in [9.17, 15) is 0 Å². The van der Waals surface area contributed by atoms with Crippen molar-refractivity contribution in [2.24, 2.45) is 5.73 Å². The molecule has 0 saturated heterocycles. The summed E-state index contributed by atoms with van der Waals surface area (Å²) in [6.07, 6.45) is 2.52. The predicted octanol–water partition coefficient (Wildman–Crippen LogP) is 2.07. The van der Waals surface area contributed by atoms with Crippen LogP contribution in [0.25, 0.3) is 0 Å². The van der Waals surface area contributed by atoms with E-state index in [-0.39, 0.29) is 0 Å². The van der Waals surface area contributed by atoms with E-state index in [1.807, 2.05) is 0 Å². The van der Waals surface area contributed by atoms with Gasteiger partial charge in [0.1, 0.15) is 0 Å². The fraction of sp³-hybridized carbons (Fsp3) is 0.455. The summed E-state index contributed by atoms with van der Waals surface area (Å²) in [6.45, 7) is 2.11. The molecule has 1 heteroatoms. The molecule has 0 aromatic heterocycles. The second-order valence-electron chi connectivity index (χ2n) is 3.81. The van der Waals surface area contributed by atoms with Crippen LogP contribution in [0.2, 0.25) is 0 Å². The van der Waals surface area contributed by atoms with E-state index in [4.69, 9.17) is 5.73 Å². The molecule has 0 spiro atoms. The zero-order valence-corrected chi connectivity index (χ0v) is 7.46. The van der Waals surface area contributed by atoms with Crippen LogP contribution in [0.5, 0.6) is 0 Å². The Kier molecular flexibility index (Phi) is 1.69. The Hall–Kier alpha value is -0.820. The van der Waals surface area contributed by atoms with Gasteiger partial charge in [-0.25, -0.2) is 0 Å². The maximum atomic E-state index is 5.96. The Balaban J connectivity index is 2.31. The fourth-order valence-corrected chi connectivity index (χ4v) is 1.91. The van der Waals surface area contributed by atoms with Gasteiger partial charge in [-0.15, -0.1) is 0 Å². The lowest BCUT2D eigenvalue weighted by molar-refractivity contribution is 0.557. The first-order valence-electron chi connectivity index (χ1n) is 4.57. The van der Waals surface area contributed by atoms with Crippen molar-refractivity contribution in [1.82, 2.24) is 0 Å². The van der Waals surface area contributed by atoms with Gasteiger partial charge in [-0.1, -0.05) is 30.3 Å². The fourth-order valence-electron chi connectivity index (χ4n) is 1.91. The minimum Gasteiger partial charge on any atom is -0.327 e. The topological polar surface area (TPSA) is 26.0 Å². The maximum Gasteiger partial charge on any atom is 0.0108 e. The van der Waals surface area contributed by atoms with Gasteiger partial charge in [0.15, 0.2) is 0 Å². The minimum absolute atomic E-state index is 0.292. The highest BCUT2D eigenvalue weighted by Crippen LogP contribution is 2.49. The van der Waals surface area contributed by atoms with Gasteiger partial charge in [-0.05, 0) is 25.3 Å². The summed E-state index contributed by atoms with van der Waals surface area (Å²) in [6, 6.07) is 10.9. The lowest BCUT2D eigenvalue weighted by atomic mass is 9.90. The highest BCUT2D eigenvalue weighted by molar-refractivity contribution is 5.33. The monoisotopic (exact) mass is 161 g/mol. The lowest BCUT2D eigenvalue weighted by Crippen LogP contribution is -2.31. The summed E-state index contributed by atoms with van der Waals surface area (Å²) in [5.41, 5.74) is 7.70. The van der Waals surface area contributed by atoms with Crippen LogP contribution in [0.15, 0.2) is 30.3 Å². The van der Waals surface area contributed by atoms with Crippen molar-refractivity contribution in [2.45, 2.75) is 31.2 Å². The molecular weight excluding hydrogens is 146 g/mol. The average molecular weight is 161 g/mol. The molecule has 1 unspecified atom stereocenters. The third-order valence-corrected chi connectivity index (χ3v) is 3.01. The summed E-state index contributed by atoms with van der Waals surface area (Å²) in [7, 11) is 0. The molecule has 1 aliphatic carbocycles. The van der Waals surface area contributed by atoms with E-state index in [1.165, 1.54) is 18.4 Å². The first-order chi connectivity index (χ1) is 5.76. The molecule has 1 fully saturated rings. The molecular formula is C11H15N. The first-order valence-corrected chi connectivity index (χ1v) is 4.57. The molecule has 2 N–H and O–H groups in total. The van der Waals surface area contributed by atoms with Crippen LogP contribution >= 0.6 is 0 Å². The molecule has 1 atom stereocenters. The Morgan fingerprint density at radius 3 is 2.25 bits per heavy atom. The molecule has 1 aromatic rings. The molecule has 1 nitrogen and oxygen atoms in total. The van der Waals surface area contributed by atoms with Gasteiger partial charge in [0.05, 0.1) is 0 Å². The van der Waals surface area contributed by atoms with Gasteiger partial charge < -0.3 is 5.73 Å². The molecule has 12 heavy (non-hydrogen) atoms. The van der Waals surface area contributed by atoms with Crippen molar-refractivity contribution in [1.29, 1.82) is 0 Å². The van der Waals surface area contributed by atoms with E-state index in [0.717, 1.165) is 0 Å². The van der Waals surface area contributed by atoms with Crippen molar-refractivity contribution in [3.05, 3.63) is 35.9 Å². The van der Waals surface area contributed by atoms with Crippen LogP contribution in [0.1, 0.15) is 25.3 Å². The van der Waals surface area contributed by atoms with Gasteiger partial charge in [-0.2, -0.15) is 0 Å². The normalized spacial score (nSPS) is 21.8. The maximum absolute atomic E-state index is 5.96. The largest absolute Gasteiger partial charge is 0.327 e. The molecule has 1 aromatic carbocycles. The molecule has 0 aliphatic heterocycles. The predicted molar refractivity (Wildman–Crippen MR) is 51.0 cm³/mol. The molecule has 0 bridgehead atoms. The van der Waals surface area contributed by atoms with Crippen molar-refractivity contribution >= 4 is 0 Å². The van der Waals surface area contributed by atoms with Crippen LogP contribution in [-0.4, -0.2) is 6.04 Å². The highest BCUT2D eigenvalue weighted by atomic mass is 14.7. The number of nitrogens with two attached hydrogens (primary N) is 1. The summed E-state index contributed by atoms with van der Waals surface area (Å²) in [5, 5.41) is 0. The Morgan fingerprint density at radius 2 is 1.83 bits per heavy atom. The summed E-state index contributed by atoms with van der Waals surface area (Å²) < 4.78 is 0. The van der Waals surface area contributed by atoms with E-state index in [1.54, 1.807) is 0 Å². The van der Waals surface area contributed by atoms with Crippen LogP contribution < -0.4 is 5.73 Å². The van der Waals surface area contributed by atoms with Gasteiger partial charge in [-0.3, -0.25) is 0 Å². The van der Waals surface area contributed by atoms with Gasteiger partial charge in [0.2, 0.25) is 0 Å². The SMILES string of the molecule is CC(N)C1(c2ccccc2)CC1. The summed E-state index contributed by atoms with van der Waals surface area (Å²) in [5.74, 6) is 0. The second kappa shape index (κ2) is 2.60. The second-order valence-corrected chi connectivity index (χ2v) is 3.81. The third-order valence-electron chi connectivity index (χ3n) is 3.01. The van der Waals surface area contributed by atoms with Crippen molar-refractivity contribution in [3.63, 3.8) is 0 Å². The molecule has 1 saturated carbocycles. The molecule has 2 rings (SSSR count). The number of hydrogen-bond acceptors (Lipinski definition) is 1. The van der Waals surface area contributed by atoms with Crippen LogP contribution in [0.4, 0.5) is 0 Å². The standard InChI is InChI=1S/C11H15N/c1-9(12)11(7-8-11)10-5-3-2-4-6-10/h2-6,9H,7-8,12H2,1H3. The molecule has 0 radical (unpaired) electrons. The number of benzene rings is 1. The number of hydrogen-bond donors (Lipinski definition) is 1. The van der Waals surface area contributed by atoms with E-state index in [0.29, 0.717) is 11.5 Å². The Morgan fingerprint density at radius 1 is 1.25 bits per heavy atom. The lowest BCUT2D eigenvalue weighted by Gasteiger charge is -2.19. The first kappa shape index (κ1) is 7.81. The van der Waals surface area contributed by atoms with Crippen molar-refractivity contribution in [2.75, 3.05) is 0 Å². The smallest absolute Gasteiger partial charge is 0.0108 e. The van der Waals surface area contributed by atoms with Crippen LogP contribution in [0, 0.1) is 0 Å². The van der Waals surface area contributed by atoms with Gasteiger partial charge >= 0.3 is 0 Å². The van der Waals surface area contributed by atoms with Gasteiger partial charge in [0, 0.05) is 11.5 Å².